The minimum Gasteiger partial charge on any atom is -0.494 e. The zero-order valence-corrected chi connectivity index (χ0v) is 13.2. The predicted octanol–water partition coefficient (Wildman–Crippen LogP) is 2.72. The van der Waals surface area contributed by atoms with Gasteiger partial charge >= 0.3 is 0 Å². The monoisotopic (exact) mass is 331 g/mol. The van der Waals surface area contributed by atoms with Gasteiger partial charge in [-0.3, -0.25) is 14.9 Å². The van der Waals surface area contributed by atoms with Gasteiger partial charge in [-0.2, -0.15) is 0 Å². The van der Waals surface area contributed by atoms with Crippen LogP contribution in [-0.4, -0.2) is 32.8 Å². The standard InChI is InChI=1S/C15H14N3O4P/c1-2-23-17-9-5-3-4-8-12(9)15(22)18(14(8)21)10-6-7-11(19)16-13(10)20/h3-6,21-22H,2,7H2,1H3,(H,16,19,20). The van der Waals surface area contributed by atoms with Crippen LogP contribution in [0.4, 0.5) is 5.69 Å². The van der Waals surface area contributed by atoms with Crippen LogP contribution in [0.1, 0.15) is 13.3 Å². The maximum atomic E-state index is 12.0. The number of hydrogen-bond donors (Lipinski definition) is 3. The molecule has 2 aromatic rings. The number of imide groups is 1. The number of fused-ring (bicyclic) bond motifs is 1. The topological polar surface area (TPSA) is 104 Å². The van der Waals surface area contributed by atoms with Crippen LogP contribution in [0.15, 0.2) is 29.0 Å². The van der Waals surface area contributed by atoms with Crippen LogP contribution >= 0.6 is 8.37 Å². The Morgan fingerprint density at radius 3 is 2.78 bits per heavy atom. The smallest absolute Gasteiger partial charge is 0.274 e. The summed E-state index contributed by atoms with van der Waals surface area (Å²) in [5, 5.41) is 23.9. The van der Waals surface area contributed by atoms with E-state index in [1.807, 2.05) is 6.92 Å². The number of rotatable bonds is 3. The van der Waals surface area contributed by atoms with Crippen LogP contribution in [-0.2, 0) is 9.59 Å². The van der Waals surface area contributed by atoms with Gasteiger partial charge in [0.15, 0.2) is 0 Å². The number of hydrogen-bond acceptors (Lipinski definition) is 5. The molecule has 1 aromatic heterocycles. The van der Waals surface area contributed by atoms with Crippen molar-refractivity contribution >= 4 is 42.3 Å². The highest BCUT2D eigenvalue weighted by atomic mass is 31.1. The molecule has 0 aliphatic carbocycles. The second-order valence-electron chi connectivity index (χ2n) is 4.91. The number of nitrogens with zero attached hydrogens (tertiary/aromatic N) is 2. The Balaban J connectivity index is 2.25. The summed E-state index contributed by atoms with van der Waals surface area (Å²) in [5.74, 6) is -1.64. The molecule has 7 nitrogen and oxygen atoms in total. The first-order valence-corrected chi connectivity index (χ1v) is 8.05. The third kappa shape index (κ3) is 2.49. The number of carbonyl (C=O) groups is 2. The predicted molar refractivity (Wildman–Crippen MR) is 86.9 cm³/mol. The number of aromatic nitrogens is 1. The van der Waals surface area contributed by atoms with Gasteiger partial charge in [0, 0.05) is 26.3 Å². The average molecular weight is 331 g/mol. The van der Waals surface area contributed by atoms with Crippen LogP contribution in [0.5, 0.6) is 11.8 Å². The quantitative estimate of drug-likeness (QED) is 0.594. The van der Waals surface area contributed by atoms with Crippen LogP contribution in [0.2, 0.25) is 0 Å². The summed E-state index contributed by atoms with van der Waals surface area (Å²) in [6.07, 6.45) is 2.19. The highest BCUT2D eigenvalue weighted by Crippen LogP contribution is 2.44. The molecule has 1 aromatic carbocycles. The summed E-state index contributed by atoms with van der Waals surface area (Å²) in [4.78, 5) is 23.2. The van der Waals surface area contributed by atoms with Crippen molar-refractivity contribution in [2.24, 2.45) is 4.74 Å². The van der Waals surface area contributed by atoms with E-state index >= 15 is 0 Å². The maximum Gasteiger partial charge on any atom is 0.274 e. The van der Waals surface area contributed by atoms with Crippen molar-refractivity contribution in [3.8, 4) is 11.8 Å². The Bertz CT molecular complexity index is 882. The van der Waals surface area contributed by atoms with Gasteiger partial charge in [-0.15, -0.1) is 0 Å². The van der Waals surface area contributed by atoms with Crippen molar-refractivity contribution in [2.45, 2.75) is 13.3 Å². The molecule has 8 heteroatoms. The Labute approximate surface area is 133 Å². The molecule has 23 heavy (non-hydrogen) atoms. The lowest BCUT2D eigenvalue weighted by Crippen LogP contribution is -2.35. The Hall–Kier alpha value is -2.66. The molecule has 0 radical (unpaired) electrons. The Kier molecular flexibility index (Phi) is 3.88. The highest BCUT2D eigenvalue weighted by molar-refractivity contribution is 7.26. The average Bonchev–Trinajstić information content (AvgIpc) is 2.78. The summed E-state index contributed by atoms with van der Waals surface area (Å²) in [6.45, 7) is 1.97. The van der Waals surface area contributed by atoms with E-state index in [9.17, 15) is 19.8 Å². The zero-order chi connectivity index (χ0) is 16.6. The fourth-order valence-electron chi connectivity index (χ4n) is 2.47. The van der Waals surface area contributed by atoms with E-state index in [0.29, 0.717) is 16.5 Å². The zero-order valence-electron chi connectivity index (χ0n) is 12.3. The summed E-state index contributed by atoms with van der Waals surface area (Å²) in [7, 11) is 0.831. The molecule has 0 bridgehead atoms. The third-order valence-electron chi connectivity index (χ3n) is 3.46. The number of amides is 2. The molecule has 0 saturated heterocycles. The van der Waals surface area contributed by atoms with E-state index in [2.05, 4.69) is 10.1 Å². The highest BCUT2D eigenvalue weighted by Gasteiger charge is 2.27. The molecule has 3 rings (SSSR count). The molecule has 1 aliphatic heterocycles. The molecule has 0 saturated carbocycles. The lowest BCUT2D eigenvalue weighted by Gasteiger charge is -2.15. The van der Waals surface area contributed by atoms with Gasteiger partial charge in [0.1, 0.15) is 5.70 Å². The summed E-state index contributed by atoms with van der Waals surface area (Å²) in [6, 6.07) is 5.08. The lowest BCUT2D eigenvalue weighted by atomic mass is 10.2. The van der Waals surface area contributed by atoms with E-state index in [0.717, 1.165) is 19.1 Å². The van der Waals surface area contributed by atoms with Crippen molar-refractivity contribution in [1.82, 2.24) is 9.88 Å². The minimum absolute atomic E-state index is 0.000161. The maximum absolute atomic E-state index is 12.0. The van der Waals surface area contributed by atoms with Crippen LogP contribution < -0.4 is 5.32 Å². The first kappa shape index (κ1) is 15.2. The third-order valence-corrected chi connectivity index (χ3v) is 4.10. The van der Waals surface area contributed by atoms with E-state index < -0.39 is 11.8 Å². The SMILES string of the molecule is CCP=Nc1cccc2c(O)n(C3=CCC(=O)NC3=O)c(O)c12. The van der Waals surface area contributed by atoms with E-state index in [4.69, 9.17) is 0 Å². The van der Waals surface area contributed by atoms with Crippen molar-refractivity contribution < 1.29 is 19.8 Å². The molecule has 118 valence electrons. The second-order valence-corrected chi connectivity index (χ2v) is 6.03. The molecule has 2 amide bonds. The largest absolute Gasteiger partial charge is 0.494 e. The molecule has 0 fully saturated rings. The van der Waals surface area contributed by atoms with E-state index in [-0.39, 0.29) is 23.9 Å². The van der Waals surface area contributed by atoms with Crippen molar-refractivity contribution in [3.63, 3.8) is 0 Å². The molecule has 0 unspecified atom stereocenters. The molecular formula is C15H14N3O4P. The van der Waals surface area contributed by atoms with Gasteiger partial charge in [-0.05, 0) is 18.2 Å². The first-order valence-electron chi connectivity index (χ1n) is 7.02. The lowest BCUT2D eigenvalue weighted by molar-refractivity contribution is -0.127. The van der Waals surface area contributed by atoms with Crippen LogP contribution in [0.3, 0.4) is 0 Å². The minimum atomic E-state index is -0.669. The van der Waals surface area contributed by atoms with Crippen molar-refractivity contribution in [3.05, 3.63) is 24.3 Å². The number of carbonyl (C=O) groups excluding carboxylic acids is 2. The molecule has 1 aliphatic rings. The van der Waals surface area contributed by atoms with E-state index in [1.165, 1.54) is 6.08 Å². The molecule has 2 heterocycles. The Morgan fingerprint density at radius 2 is 2.09 bits per heavy atom. The van der Waals surface area contributed by atoms with Gasteiger partial charge in [-0.1, -0.05) is 13.0 Å². The van der Waals surface area contributed by atoms with Gasteiger partial charge in [0.05, 0.1) is 11.1 Å². The molecule has 0 spiro atoms. The summed E-state index contributed by atoms with van der Waals surface area (Å²) in [5.41, 5.74) is 0.542. The fourth-order valence-corrected chi connectivity index (χ4v) is 2.93. The first-order chi connectivity index (χ1) is 11.0. The fraction of sp³-hybridized carbons (Fsp3) is 0.200. The molecule has 3 N–H and O–H groups in total. The van der Waals surface area contributed by atoms with Crippen molar-refractivity contribution in [2.75, 3.05) is 6.16 Å². The molecule has 0 atom stereocenters. The van der Waals surface area contributed by atoms with Crippen LogP contribution in [0.25, 0.3) is 16.5 Å². The van der Waals surface area contributed by atoms with Crippen molar-refractivity contribution in [1.29, 1.82) is 0 Å². The molecular weight excluding hydrogens is 317 g/mol. The van der Waals surface area contributed by atoms with Gasteiger partial charge in [0.2, 0.25) is 17.7 Å². The summed E-state index contributed by atoms with van der Waals surface area (Å²) >= 11 is 0. The Morgan fingerprint density at radius 1 is 1.30 bits per heavy atom. The normalized spacial score (nSPS) is 15.3. The van der Waals surface area contributed by atoms with Crippen LogP contribution in [0, 0.1) is 0 Å². The van der Waals surface area contributed by atoms with E-state index in [1.54, 1.807) is 18.2 Å². The second kappa shape index (κ2) is 5.85. The number of benzene rings is 1. The summed E-state index contributed by atoms with van der Waals surface area (Å²) < 4.78 is 5.39. The van der Waals surface area contributed by atoms with Gasteiger partial charge in [0.25, 0.3) is 5.91 Å². The number of nitrogens with one attached hydrogen (secondary N) is 1. The van der Waals surface area contributed by atoms with Gasteiger partial charge in [-0.25, -0.2) is 9.31 Å². The van der Waals surface area contributed by atoms with Gasteiger partial charge < -0.3 is 10.2 Å². The number of aromatic hydroxyl groups is 2.